The number of aromatic nitrogens is 1. The molecule has 2 rings (SSSR count). The fraction of sp³-hybridized carbons (Fsp3) is 0.533. The number of anilines is 1. The van der Waals surface area contributed by atoms with Gasteiger partial charge >= 0.3 is 5.97 Å². The van der Waals surface area contributed by atoms with Crippen LogP contribution in [0.4, 0.5) is 5.13 Å². The molecule has 1 aliphatic heterocycles. The van der Waals surface area contributed by atoms with Gasteiger partial charge in [0.15, 0.2) is 10.2 Å². The normalized spacial score (nSPS) is 14.3. The lowest BCUT2D eigenvalue weighted by atomic mass is 10.4. The highest BCUT2D eigenvalue weighted by molar-refractivity contribution is 7.89. The number of imide groups is 1. The van der Waals surface area contributed by atoms with Crippen LogP contribution in [0, 0.1) is 6.92 Å². The molecule has 1 aliphatic rings. The number of rotatable bonds is 10. The van der Waals surface area contributed by atoms with Crippen molar-refractivity contribution < 1.29 is 37.2 Å². The maximum atomic E-state index is 12.3. The Balaban J connectivity index is 1.70. The van der Waals surface area contributed by atoms with Crippen molar-refractivity contribution in [2.75, 3.05) is 25.1 Å². The number of nitrogens with one attached hydrogen (secondary N) is 2. The number of aryl methyl sites for hydroxylation is 1. The first kappa shape index (κ1) is 22.9. The third kappa shape index (κ3) is 6.56. The van der Waals surface area contributed by atoms with Gasteiger partial charge in [0.2, 0.25) is 5.91 Å². The molecule has 0 aliphatic carbocycles. The summed E-state index contributed by atoms with van der Waals surface area (Å²) in [4.78, 5) is 54.3. The SMILES string of the molecule is CC(=O)Nc1nc(S(=O)(=O)NCCOCCC(=O)ON2C(=O)CCC2=O)c(C)s1. The number of hydroxylamine groups is 2. The first-order valence-electron chi connectivity index (χ1n) is 8.49. The molecule has 0 radical (unpaired) electrons. The van der Waals surface area contributed by atoms with E-state index in [1.54, 1.807) is 6.92 Å². The van der Waals surface area contributed by atoms with E-state index in [9.17, 15) is 27.6 Å². The molecule has 160 valence electrons. The van der Waals surface area contributed by atoms with E-state index in [0.717, 1.165) is 11.3 Å². The highest BCUT2D eigenvalue weighted by atomic mass is 32.2. The Morgan fingerprint density at radius 1 is 1.21 bits per heavy atom. The molecule has 1 aromatic rings. The van der Waals surface area contributed by atoms with E-state index < -0.39 is 27.8 Å². The molecule has 12 nitrogen and oxygen atoms in total. The molecule has 0 saturated carbocycles. The van der Waals surface area contributed by atoms with Gasteiger partial charge in [-0.15, -0.1) is 16.4 Å². The quantitative estimate of drug-likeness (QED) is 0.362. The van der Waals surface area contributed by atoms with Crippen LogP contribution in [0.2, 0.25) is 0 Å². The molecule has 3 amide bonds. The number of hydrogen-bond donors (Lipinski definition) is 2. The number of sulfonamides is 1. The Bertz CT molecular complexity index is 895. The lowest BCUT2D eigenvalue weighted by Gasteiger charge is -2.12. The van der Waals surface area contributed by atoms with Crippen molar-refractivity contribution in [1.82, 2.24) is 14.8 Å². The van der Waals surface area contributed by atoms with Crippen molar-refractivity contribution in [3.63, 3.8) is 0 Å². The fourth-order valence-corrected chi connectivity index (χ4v) is 4.56. The van der Waals surface area contributed by atoms with Crippen LogP contribution < -0.4 is 10.0 Å². The van der Waals surface area contributed by atoms with Gasteiger partial charge in [-0.3, -0.25) is 14.4 Å². The summed E-state index contributed by atoms with van der Waals surface area (Å²) in [5, 5.41) is 2.87. The molecule has 2 heterocycles. The second-order valence-electron chi connectivity index (χ2n) is 5.87. The molecular formula is C15H20N4O8S2. The zero-order valence-corrected chi connectivity index (χ0v) is 17.4. The van der Waals surface area contributed by atoms with Crippen molar-refractivity contribution in [1.29, 1.82) is 0 Å². The van der Waals surface area contributed by atoms with Gasteiger partial charge in [0.1, 0.15) is 0 Å². The first-order valence-corrected chi connectivity index (χ1v) is 10.8. The molecule has 0 unspecified atom stereocenters. The minimum absolute atomic E-state index is 0.00747. The van der Waals surface area contributed by atoms with E-state index in [4.69, 9.17) is 4.74 Å². The third-order valence-electron chi connectivity index (χ3n) is 3.48. The van der Waals surface area contributed by atoms with E-state index in [2.05, 4.69) is 19.9 Å². The predicted molar refractivity (Wildman–Crippen MR) is 99.0 cm³/mol. The number of hydrogen-bond acceptors (Lipinski definition) is 10. The minimum atomic E-state index is -3.89. The highest BCUT2D eigenvalue weighted by Crippen LogP contribution is 2.25. The average molecular weight is 448 g/mol. The highest BCUT2D eigenvalue weighted by Gasteiger charge is 2.32. The molecule has 0 bridgehead atoms. The Morgan fingerprint density at radius 2 is 1.86 bits per heavy atom. The van der Waals surface area contributed by atoms with Gasteiger partial charge in [0.25, 0.3) is 21.8 Å². The molecule has 1 fully saturated rings. The molecule has 0 spiro atoms. The lowest BCUT2D eigenvalue weighted by molar-refractivity contribution is -0.198. The van der Waals surface area contributed by atoms with Crippen molar-refractivity contribution in [2.24, 2.45) is 0 Å². The topological polar surface area (TPSA) is 161 Å². The number of carbonyl (C=O) groups is 4. The van der Waals surface area contributed by atoms with Gasteiger partial charge in [-0.2, -0.15) is 0 Å². The van der Waals surface area contributed by atoms with Gasteiger partial charge in [0.05, 0.1) is 19.6 Å². The number of amides is 3. The zero-order valence-electron chi connectivity index (χ0n) is 15.7. The van der Waals surface area contributed by atoms with Crippen LogP contribution in [0.15, 0.2) is 5.03 Å². The smallest absolute Gasteiger partial charge is 0.335 e. The Kier molecular flexibility index (Phi) is 7.78. The second-order valence-corrected chi connectivity index (χ2v) is 8.75. The molecule has 0 atom stereocenters. The number of ether oxygens (including phenoxy) is 1. The first-order chi connectivity index (χ1) is 13.6. The summed E-state index contributed by atoms with van der Waals surface area (Å²) >= 11 is 1.04. The zero-order chi connectivity index (χ0) is 21.6. The molecule has 0 aromatic carbocycles. The van der Waals surface area contributed by atoms with E-state index >= 15 is 0 Å². The summed E-state index contributed by atoms with van der Waals surface area (Å²) in [5.74, 6) is -2.31. The molecule has 2 N–H and O–H groups in total. The van der Waals surface area contributed by atoms with E-state index in [0.29, 0.717) is 9.94 Å². The lowest BCUT2D eigenvalue weighted by Crippen LogP contribution is -2.32. The minimum Gasteiger partial charge on any atom is -0.379 e. The summed E-state index contributed by atoms with van der Waals surface area (Å²) < 4.78 is 32.0. The largest absolute Gasteiger partial charge is 0.379 e. The monoisotopic (exact) mass is 448 g/mol. The van der Waals surface area contributed by atoms with Crippen LogP contribution >= 0.6 is 11.3 Å². The summed E-state index contributed by atoms with van der Waals surface area (Å²) in [6, 6.07) is 0. The summed E-state index contributed by atoms with van der Waals surface area (Å²) in [6.45, 7) is 2.66. The maximum absolute atomic E-state index is 12.3. The molecule has 1 aromatic heterocycles. The van der Waals surface area contributed by atoms with Crippen LogP contribution in [0.5, 0.6) is 0 Å². The Labute approximate surface area is 170 Å². The number of nitrogens with zero attached hydrogens (tertiary/aromatic N) is 2. The van der Waals surface area contributed by atoms with Crippen LogP contribution in [0.3, 0.4) is 0 Å². The average Bonchev–Trinajstić information content (AvgIpc) is 3.14. The van der Waals surface area contributed by atoms with Gasteiger partial charge in [-0.05, 0) is 6.92 Å². The number of thiazole rings is 1. The summed E-state index contributed by atoms with van der Waals surface area (Å²) in [7, 11) is -3.89. The van der Waals surface area contributed by atoms with Gasteiger partial charge in [0, 0.05) is 31.2 Å². The van der Waals surface area contributed by atoms with Gasteiger partial charge < -0.3 is 14.9 Å². The van der Waals surface area contributed by atoms with Crippen LogP contribution in [0.1, 0.15) is 31.1 Å². The van der Waals surface area contributed by atoms with Crippen LogP contribution in [-0.4, -0.2) is 61.9 Å². The van der Waals surface area contributed by atoms with Crippen LogP contribution in [-0.2, 0) is 38.8 Å². The van der Waals surface area contributed by atoms with E-state index in [-0.39, 0.29) is 55.1 Å². The third-order valence-corrected chi connectivity index (χ3v) is 5.99. The van der Waals surface area contributed by atoms with Crippen molar-refractivity contribution in [2.45, 2.75) is 38.1 Å². The van der Waals surface area contributed by atoms with Crippen molar-refractivity contribution in [3.05, 3.63) is 4.88 Å². The Hall–Kier alpha value is -2.42. The predicted octanol–water partition coefficient (Wildman–Crippen LogP) is -0.298. The molecule has 29 heavy (non-hydrogen) atoms. The number of carbonyl (C=O) groups excluding carboxylic acids is 4. The van der Waals surface area contributed by atoms with Gasteiger partial charge in [-0.25, -0.2) is 22.9 Å². The Morgan fingerprint density at radius 3 is 2.48 bits per heavy atom. The van der Waals surface area contributed by atoms with Gasteiger partial charge in [-0.1, -0.05) is 0 Å². The van der Waals surface area contributed by atoms with Crippen molar-refractivity contribution in [3.8, 4) is 0 Å². The fourth-order valence-electron chi connectivity index (χ4n) is 2.22. The van der Waals surface area contributed by atoms with E-state index in [1.165, 1.54) is 6.92 Å². The standard InChI is InChI=1S/C15H20N4O8S2/c1-9-14(18-15(28-9)17-10(2)20)29(24,25)16-6-8-26-7-5-13(23)27-19-11(21)3-4-12(19)22/h16H,3-8H2,1-2H3,(H,17,18,20). The van der Waals surface area contributed by atoms with E-state index in [1.807, 2.05) is 0 Å². The summed E-state index contributed by atoms with van der Waals surface area (Å²) in [5.41, 5.74) is 0. The van der Waals surface area contributed by atoms with Crippen LogP contribution in [0.25, 0.3) is 0 Å². The molecule has 14 heteroatoms. The molecule has 1 saturated heterocycles. The maximum Gasteiger partial charge on any atom is 0.335 e. The van der Waals surface area contributed by atoms with Crippen molar-refractivity contribution >= 4 is 50.2 Å². The summed E-state index contributed by atoms with van der Waals surface area (Å²) in [6.07, 6.45) is -0.198. The molecular weight excluding hydrogens is 428 g/mol. The second kappa shape index (κ2) is 9.87.